The Hall–Kier alpha value is -3.01. The molecular weight excluding hydrogens is 639 g/mol. The van der Waals surface area contributed by atoms with E-state index in [1.807, 2.05) is 0 Å². The number of aromatic nitrogens is 1. The van der Waals surface area contributed by atoms with Gasteiger partial charge in [0.05, 0.1) is 5.76 Å². The molecule has 0 bridgehead atoms. The summed E-state index contributed by atoms with van der Waals surface area (Å²) in [6, 6.07) is 22.6. The van der Waals surface area contributed by atoms with Crippen LogP contribution in [0.1, 0.15) is 71.1 Å². The van der Waals surface area contributed by atoms with Crippen LogP contribution in [0.2, 0.25) is 0 Å². The predicted octanol–water partition coefficient (Wildman–Crippen LogP) is 8.73. The zero-order valence-corrected chi connectivity index (χ0v) is 25.3. The molecule has 4 rings (SSSR count). The molecule has 0 amide bonds. The fourth-order valence-electron chi connectivity index (χ4n) is 3.82. The number of pyridine rings is 1. The van der Waals surface area contributed by atoms with E-state index >= 15 is 0 Å². The number of allylic oxidation sites excluding steroid dienone is 2. The fourth-order valence-corrected chi connectivity index (χ4v) is 3.82. The second-order valence-corrected chi connectivity index (χ2v) is 10.6. The zero-order chi connectivity index (χ0) is 26.6. The van der Waals surface area contributed by atoms with Gasteiger partial charge in [0.15, 0.2) is 5.78 Å². The SMILES string of the molecule is CC(=O)/C=C(/C)O.Cc1[c-]c(-c2ccc3cc(-c4ccc(C(C)C)cc4)oc3n2)cc(C(C)(C)C)c1.[Ir]. The van der Waals surface area contributed by atoms with Crippen molar-refractivity contribution in [3.05, 3.63) is 89.2 Å². The summed E-state index contributed by atoms with van der Waals surface area (Å²) >= 11 is 0. The minimum Gasteiger partial charge on any atom is -0.512 e. The zero-order valence-electron chi connectivity index (χ0n) is 22.9. The number of aliphatic hydroxyl groups is 1. The van der Waals surface area contributed by atoms with E-state index in [0.717, 1.165) is 33.5 Å². The van der Waals surface area contributed by atoms with Crippen molar-refractivity contribution < 1.29 is 34.4 Å². The number of ketones is 1. The molecule has 0 saturated carbocycles. The van der Waals surface area contributed by atoms with Crippen LogP contribution in [-0.2, 0) is 30.3 Å². The van der Waals surface area contributed by atoms with Crippen molar-refractivity contribution in [1.82, 2.24) is 4.98 Å². The standard InChI is InChI=1S/C27H28NO.C5H8O2.Ir/c1-17(2)19-7-9-20(10-8-19)25-16-21-11-12-24(28-26(21)29-25)22-13-18(3)14-23(15-22)27(4,5)6;1-4(6)3-5(2)7;/h7-12,14-17H,1-6H3;3,6H,1-2H3;/q-1;;/b;4-3-;. The summed E-state index contributed by atoms with van der Waals surface area (Å²) in [5.41, 5.74) is 7.46. The molecule has 0 spiro atoms. The van der Waals surface area contributed by atoms with Gasteiger partial charge in [0.2, 0.25) is 5.71 Å². The number of hydrogen-bond acceptors (Lipinski definition) is 4. The van der Waals surface area contributed by atoms with Gasteiger partial charge >= 0.3 is 0 Å². The van der Waals surface area contributed by atoms with E-state index < -0.39 is 0 Å². The topological polar surface area (TPSA) is 63.3 Å². The first kappa shape index (κ1) is 30.2. The largest absolute Gasteiger partial charge is 0.512 e. The first-order valence-electron chi connectivity index (χ1n) is 12.3. The van der Waals surface area contributed by atoms with E-state index in [1.165, 1.54) is 31.1 Å². The van der Waals surface area contributed by atoms with Crippen LogP contribution < -0.4 is 0 Å². The van der Waals surface area contributed by atoms with Crippen molar-refractivity contribution in [3.8, 4) is 22.6 Å². The monoisotopic (exact) mass is 675 g/mol. The van der Waals surface area contributed by atoms with E-state index in [2.05, 4.69) is 102 Å². The first-order valence-corrected chi connectivity index (χ1v) is 12.3. The van der Waals surface area contributed by atoms with Crippen LogP contribution in [-0.4, -0.2) is 15.9 Å². The smallest absolute Gasteiger partial charge is 0.217 e. The maximum atomic E-state index is 10.0. The molecule has 4 aromatic rings. The van der Waals surface area contributed by atoms with Crippen LogP contribution >= 0.6 is 0 Å². The Kier molecular flexibility index (Phi) is 10.2. The summed E-state index contributed by atoms with van der Waals surface area (Å²) in [6.45, 7) is 16.0. The summed E-state index contributed by atoms with van der Waals surface area (Å²) in [5.74, 6) is 1.31. The van der Waals surface area contributed by atoms with Gasteiger partial charge in [-0.25, -0.2) is 0 Å². The average Bonchev–Trinajstić information content (AvgIpc) is 3.21. The van der Waals surface area contributed by atoms with Gasteiger partial charge in [-0.3, -0.25) is 9.78 Å². The van der Waals surface area contributed by atoms with Crippen molar-refractivity contribution in [3.63, 3.8) is 0 Å². The number of furan rings is 1. The Labute approximate surface area is 234 Å². The quantitative estimate of drug-likeness (QED) is 0.134. The first-order chi connectivity index (χ1) is 16.8. The maximum Gasteiger partial charge on any atom is 0.217 e. The predicted molar refractivity (Wildman–Crippen MR) is 148 cm³/mol. The average molecular weight is 675 g/mol. The van der Waals surface area contributed by atoms with E-state index in [4.69, 9.17) is 14.5 Å². The second-order valence-electron chi connectivity index (χ2n) is 10.6. The molecular formula is C32H36IrNO3-. The van der Waals surface area contributed by atoms with Crippen molar-refractivity contribution in [2.45, 2.75) is 66.7 Å². The van der Waals surface area contributed by atoms with Crippen molar-refractivity contribution >= 4 is 16.9 Å². The number of nitrogens with zero attached hydrogens (tertiary/aromatic N) is 1. The van der Waals surface area contributed by atoms with Crippen LogP contribution in [0, 0.1) is 13.0 Å². The normalized spacial score (nSPS) is 11.6. The van der Waals surface area contributed by atoms with Crippen molar-refractivity contribution in [2.75, 3.05) is 0 Å². The number of fused-ring (bicyclic) bond motifs is 1. The Morgan fingerprint density at radius 3 is 2.19 bits per heavy atom. The molecule has 37 heavy (non-hydrogen) atoms. The number of rotatable bonds is 4. The minimum atomic E-state index is -0.125. The number of aliphatic hydroxyl groups excluding tert-OH is 1. The molecule has 2 aromatic carbocycles. The third kappa shape index (κ3) is 8.24. The van der Waals surface area contributed by atoms with Gasteiger partial charge < -0.3 is 9.52 Å². The van der Waals surface area contributed by atoms with Gasteiger partial charge in [-0.1, -0.05) is 77.9 Å². The third-order valence-electron chi connectivity index (χ3n) is 5.80. The molecule has 1 radical (unpaired) electrons. The fraction of sp³-hybridized carbons (Fsp3) is 0.312. The van der Waals surface area contributed by atoms with Crippen molar-refractivity contribution in [1.29, 1.82) is 0 Å². The summed E-state index contributed by atoms with van der Waals surface area (Å²) in [7, 11) is 0. The van der Waals surface area contributed by atoms with Gasteiger partial charge in [0.25, 0.3) is 0 Å². The van der Waals surface area contributed by atoms with E-state index in [1.54, 1.807) is 0 Å². The van der Waals surface area contributed by atoms with Gasteiger partial charge in [-0.05, 0) is 42.5 Å². The summed E-state index contributed by atoms with van der Waals surface area (Å²) < 4.78 is 6.12. The van der Waals surface area contributed by atoms with Crippen LogP contribution in [0.3, 0.4) is 0 Å². The Bertz CT molecular complexity index is 1390. The van der Waals surface area contributed by atoms with Gasteiger partial charge in [-0.15, -0.1) is 34.9 Å². The van der Waals surface area contributed by atoms with Gasteiger partial charge in [0.1, 0.15) is 5.76 Å². The Balaban J connectivity index is 0.000000532. The van der Waals surface area contributed by atoms with E-state index in [0.29, 0.717) is 11.6 Å². The molecule has 1 N–H and O–H groups in total. The van der Waals surface area contributed by atoms with Crippen molar-refractivity contribution in [2.24, 2.45) is 0 Å². The molecule has 0 fully saturated rings. The molecule has 4 nitrogen and oxygen atoms in total. The van der Waals surface area contributed by atoms with Crippen LogP contribution in [0.15, 0.2) is 70.8 Å². The van der Waals surface area contributed by atoms with Gasteiger partial charge in [0, 0.05) is 37.1 Å². The number of benzene rings is 2. The second kappa shape index (κ2) is 12.5. The van der Waals surface area contributed by atoms with Crippen LogP contribution in [0.5, 0.6) is 0 Å². The van der Waals surface area contributed by atoms with E-state index in [-0.39, 0.29) is 37.1 Å². The molecule has 5 heteroatoms. The van der Waals surface area contributed by atoms with Crippen LogP contribution in [0.25, 0.3) is 33.7 Å². The molecule has 0 saturated heterocycles. The Morgan fingerprint density at radius 1 is 1.03 bits per heavy atom. The molecule has 2 aromatic heterocycles. The number of aryl methyl sites for hydroxylation is 1. The van der Waals surface area contributed by atoms with Crippen LogP contribution in [0.4, 0.5) is 0 Å². The summed E-state index contributed by atoms with van der Waals surface area (Å²) in [6.07, 6.45) is 1.17. The molecule has 0 atom stereocenters. The molecule has 0 aliphatic carbocycles. The number of carbonyl (C=O) groups excluding carboxylic acids is 1. The summed E-state index contributed by atoms with van der Waals surface area (Å²) in [5, 5.41) is 9.38. The Morgan fingerprint density at radius 2 is 1.68 bits per heavy atom. The maximum absolute atomic E-state index is 10.0. The number of hydrogen-bond donors (Lipinski definition) is 1. The molecule has 0 unspecified atom stereocenters. The molecule has 0 aliphatic heterocycles. The summed E-state index contributed by atoms with van der Waals surface area (Å²) in [4.78, 5) is 14.8. The molecule has 2 heterocycles. The number of carbonyl (C=O) groups is 1. The minimum absolute atomic E-state index is 0. The van der Waals surface area contributed by atoms with E-state index in [9.17, 15) is 4.79 Å². The molecule has 197 valence electrons. The molecule has 0 aliphatic rings. The van der Waals surface area contributed by atoms with Gasteiger partial charge in [-0.2, -0.15) is 0 Å². The third-order valence-corrected chi connectivity index (χ3v) is 5.80.